The van der Waals surface area contributed by atoms with Gasteiger partial charge in [0.15, 0.2) is 0 Å². The molecule has 21 heavy (non-hydrogen) atoms. The first-order chi connectivity index (χ1) is 9.66. The molecule has 0 aromatic heterocycles. The number of nitrogens with one attached hydrogen (secondary N) is 1. The third-order valence-corrected chi connectivity index (χ3v) is 4.63. The van der Waals surface area contributed by atoms with E-state index in [-0.39, 0.29) is 17.3 Å². The van der Waals surface area contributed by atoms with Crippen molar-refractivity contribution in [2.45, 2.75) is 53.1 Å². The number of halogens is 1. The third-order valence-electron chi connectivity index (χ3n) is 4.63. The smallest absolute Gasteiger partial charge is 0.126 e. The van der Waals surface area contributed by atoms with Gasteiger partial charge in [-0.1, -0.05) is 32.9 Å². The van der Waals surface area contributed by atoms with Crippen LogP contribution in [0.2, 0.25) is 0 Å². The molecule has 120 valence electrons. The van der Waals surface area contributed by atoms with Gasteiger partial charge in [0, 0.05) is 12.1 Å². The number of rotatable bonds is 6. The van der Waals surface area contributed by atoms with Gasteiger partial charge in [-0.05, 0) is 63.5 Å². The lowest BCUT2D eigenvalue weighted by Gasteiger charge is -2.36. The second-order valence-electron chi connectivity index (χ2n) is 7.16. The third kappa shape index (κ3) is 5.08. The highest BCUT2D eigenvalue weighted by Gasteiger charge is 2.24. The average molecular weight is 294 g/mol. The minimum absolute atomic E-state index is 0.121. The van der Waals surface area contributed by atoms with Crippen molar-refractivity contribution in [2.75, 3.05) is 20.6 Å². The quantitative estimate of drug-likeness (QED) is 0.848. The van der Waals surface area contributed by atoms with Crippen molar-refractivity contribution >= 4 is 0 Å². The molecule has 1 aromatic carbocycles. The van der Waals surface area contributed by atoms with Crippen LogP contribution in [0.5, 0.6) is 0 Å². The molecule has 0 saturated carbocycles. The van der Waals surface area contributed by atoms with Gasteiger partial charge < -0.3 is 10.2 Å². The fourth-order valence-corrected chi connectivity index (χ4v) is 2.49. The van der Waals surface area contributed by atoms with E-state index >= 15 is 0 Å². The zero-order valence-electron chi connectivity index (χ0n) is 14.6. The first-order valence-corrected chi connectivity index (χ1v) is 7.80. The van der Waals surface area contributed by atoms with E-state index in [1.807, 2.05) is 19.2 Å². The number of nitrogens with zero attached hydrogens (tertiary/aromatic N) is 1. The van der Waals surface area contributed by atoms with Crippen LogP contribution < -0.4 is 5.32 Å². The van der Waals surface area contributed by atoms with Gasteiger partial charge in [-0.25, -0.2) is 4.39 Å². The zero-order chi connectivity index (χ0) is 16.2. The van der Waals surface area contributed by atoms with E-state index in [1.165, 1.54) is 0 Å². The molecule has 2 nitrogen and oxygen atoms in total. The highest BCUT2D eigenvalue weighted by Crippen LogP contribution is 2.25. The summed E-state index contributed by atoms with van der Waals surface area (Å²) in [5, 5.41) is 3.30. The van der Waals surface area contributed by atoms with Gasteiger partial charge in [0.05, 0.1) is 0 Å². The first kappa shape index (κ1) is 18.1. The summed E-state index contributed by atoms with van der Waals surface area (Å²) < 4.78 is 13.7. The molecule has 0 saturated heterocycles. The molecule has 1 rings (SSSR count). The summed E-state index contributed by atoms with van der Waals surface area (Å²) in [5.74, 6) is -0.121. The van der Waals surface area contributed by atoms with Crippen molar-refractivity contribution in [1.82, 2.24) is 10.2 Å². The van der Waals surface area contributed by atoms with Crippen LogP contribution in [-0.4, -0.2) is 31.6 Å². The molecule has 0 radical (unpaired) electrons. The molecular weight excluding hydrogens is 263 g/mol. The second kappa shape index (κ2) is 7.37. The predicted octanol–water partition coefficient (Wildman–Crippen LogP) is 4.15. The Balaban J connectivity index is 2.68. The maximum absolute atomic E-state index is 13.7. The minimum atomic E-state index is -0.121. The summed E-state index contributed by atoms with van der Waals surface area (Å²) in [4.78, 5) is 2.38. The van der Waals surface area contributed by atoms with Crippen LogP contribution in [0.15, 0.2) is 18.2 Å². The van der Waals surface area contributed by atoms with E-state index < -0.39 is 0 Å². The van der Waals surface area contributed by atoms with E-state index in [1.54, 1.807) is 13.0 Å². The Morgan fingerprint density at radius 3 is 2.38 bits per heavy atom. The summed E-state index contributed by atoms with van der Waals surface area (Å²) in [6, 6.07) is 6.23. The van der Waals surface area contributed by atoms with Gasteiger partial charge in [-0.2, -0.15) is 0 Å². The van der Waals surface area contributed by atoms with Crippen molar-refractivity contribution in [3.8, 4) is 0 Å². The molecule has 0 aliphatic rings. The van der Waals surface area contributed by atoms with Crippen LogP contribution in [0.4, 0.5) is 4.39 Å². The SMILES string of the molecule is CNC(CCN(C)C(C)C(C)(C)C)c1ccc(C)c(F)c1. The molecule has 0 heterocycles. The first-order valence-electron chi connectivity index (χ1n) is 7.80. The van der Waals surface area contributed by atoms with Crippen LogP contribution in [-0.2, 0) is 0 Å². The lowest BCUT2D eigenvalue weighted by molar-refractivity contribution is 0.136. The molecule has 1 N–H and O–H groups in total. The summed E-state index contributed by atoms with van der Waals surface area (Å²) >= 11 is 0. The van der Waals surface area contributed by atoms with E-state index in [4.69, 9.17) is 0 Å². The average Bonchev–Trinajstić information content (AvgIpc) is 2.41. The summed E-state index contributed by atoms with van der Waals surface area (Å²) in [5.41, 5.74) is 1.99. The van der Waals surface area contributed by atoms with E-state index in [9.17, 15) is 4.39 Å². The van der Waals surface area contributed by atoms with Crippen LogP contribution in [0.3, 0.4) is 0 Å². The number of hydrogen-bond donors (Lipinski definition) is 1. The van der Waals surface area contributed by atoms with Crippen molar-refractivity contribution in [1.29, 1.82) is 0 Å². The van der Waals surface area contributed by atoms with Crippen LogP contribution in [0.25, 0.3) is 0 Å². The second-order valence-corrected chi connectivity index (χ2v) is 7.16. The lowest BCUT2D eigenvalue weighted by Crippen LogP contribution is -2.40. The van der Waals surface area contributed by atoms with Crippen molar-refractivity contribution in [3.05, 3.63) is 35.1 Å². The van der Waals surface area contributed by atoms with Crippen molar-refractivity contribution < 1.29 is 4.39 Å². The lowest BCUT2D eigenvalue weighted by atomic mass is 9.87. The van der Waals surface area contributed by atoms with Gasteiger partial charge in [0.2, 0.25) is 0 Å². The van der Waals surface area contributed by atoms with E-state index in [0.29, 0.717) is 11.6 Å². The van der Waals surface area contributed by atoms with Gasteiger partial charge >= 0.3 is 0 Å². The normalized spacial score (nSPS) is 15.3. The minimum Gasteiger partial charge on any atom is -0.313 e. The van der Waals surface area contributed by atoms with Crippen LogP contribution >= 0.6 is 0 Å². The summed E-state index contributed by atoms with van der Waals surface area (Å²) in [6.45, 7) is 11.8. The van der Waals surface area contributed by atoms with Gasteiger partial charge in [0.25, 0.3) is 0 Å². The maximum atomic E-state index is 13.7. The Morgan fingerprint density at radius 2 is 1.90 bits per heavy atom. The van der Waals surface area contributed by atoms with Crippen LogP contribution in [0.1, 0.15) is 51.3 Å². The number of hydrogen-bond acceptors (Lipinski definition) is 2. The molecule has 0 aliphatic carbocycles. The molecule has 0 fully saturated rings. The fourth-order valence-electron chi connectivity index (χ4n) is 2.49. The standard InChI is InChI=1S/C18H31FN2/c1-13-8-9-15(12-16(13)19)17(20-6)10-11-21(7)14(2)18(3,4)5/h8-9,12,14,17,20H,10-11H2,1-7H3. The molecule has 2 unspecified atom stereocenters. The highest BCUT2D eigenvalue weighted by atomic mass is 19.1. The van der Waals surface area contributed by atoms with Crippen molar-refractivity contribution in [3.63, 3.8) is 0 Å². The van der Waals surface area contributed by atoms with Gasteiger partial charge in [-0.15, -0.1) is 0 Å². The molecule has 0 amide bonds. The Labute approximate surface area is 129 Å². The number of benzene rings is 1. The molecule has 3 heteroatoms. The Bertz CT molecular complexity index is 451. The monoisotopic (exact) mass is 294 g/mol. The van der Waals surface area contributed by atoms with Gasteiger partial charge in [-0.3, -0.25) is 0 Å². The predicted molar refractivity (Wildman–Crippen MR) is 89.1 cm³/mol. The van der Waals surface area contributed by atoms with Crippen molar-refractivity contribution in [2.24, 2.45) is 5.41 Å². The molecule has 0 bridgehead atoms. The Morgan fingerprint density at radius 1 is 1.29 bits per heavy atom. The topological polar surface area (TPSA) is 15.3 Å². The summed E-state index contributed by atoms with van der Waals surface area (Å²) in [6.07, 6.45) is 0.968. The molecule has 2 atom stereocenters. The fraction of sp³-hybridized carbons (Fsp3) is 0.667. The Kier molecular flexibility index (Phi) is 6.36. The highest BCUT2D eigenvalue weighted by molar-refractivity contribution is 5.25. The number of aryl methyl sites for hydroxylation is 1. The summed E-state index contributed by atoms with van der Waals surface area (Å²) in [7, 11) is 4.11. The van der Waals surface area contributed by atoms with E-state index in [0.717, 1.165) is 18.5 Å². The maximum Gasteiger partial charge on any atom is 0.126 e. The molecule has 0 spiro atoms. The van der Waals surface area contributed by atoms with Crippen LogP contribution in [0, 0.1) is 18.2 Å². The molecular formula is C18H31FN2. The zero-order valence-corrected chi connectivity index (χ0v) is 14.6. The largest absolute Gasteiger partial charge is 0.313 e. The van der Waals surface area contributed by atoms with E-state index in [2.05, 4.69) is 45.0 Å². The Hall–Kier alpha value is -0.930. The molecule has 1 aromatic rings. The molecule has 0 aliphatic heterocycles. The van der Waals surface area contributed by atoms with Gasteiger partial charge in [0.1, 0.15) is 5.82 Å².